The number of aryl methyl sites for hydroxylation is 1. The summed E-state index contributed by atoms with van der Waals surface area (Å²) in [5.74, 6) is 1.82. The Morgan fingerprint density at radius 3 is 2.71 bits per heavy atom. The van der Waals surface area contributed by atoms with E-state index in [4.69, 9.17) is 4.74 Å². The van der Waals surface area contributed by atoms with Gasteiger partial charge >= 0.3 is 0 Å². The van der Waals surface area contributed by atoms with Gasteiger partial charge < -0.3 is 14.5 Å². The van der Waals surface area contributed by atoms with Gasteiger partial charge in [0.2, 0.25) is 5.91 Å². The molecule has 0 aliphatic carbocycles. The van der Waals surface area contributed by atoms with Crippen molar-refractivity contribution < 1.29 is 9.53 Å². The molecule has 1 aliphatic heterocycles. The van der Waals surface area contributed by atoms with E-state index < -0.39 is 0 Å². The van der Waals surface area contributed by atoms with Gasteiger partial charge in [0.05, 0.1) is 25.4 Å². The molecule has 0 unspecified atom stereocenters. The van der Waals surface area contributed by atoms with Gasteiger partial charge in [-0.2, -0.15) is 0 Å². The molecule has 0 bridgehead atoms. The Morgan fingerprint density at radius 1 is 1.21 bits per heavy atom. The maximum Gasteiger partial charge on any atom is 0.227 e. The molecule has 1 aromatic carbocycles. The van der Waals surface area contributed by atoms with Gasteiger partial charge in [-0.15, -0.1) is 0 Å². The zero-order valence-corrected chi connectivity index (χ0v) is 14.1. The second-order valence-electron chi connectivity index (χ2n) is 5.91. The molecule has 2 heterocycles. The van der Waals surface area contributed by atoms with Crippen molar-refractivity contribution in [3.63, 3.8) is 0 Å². The molecule has 1 fully saturated rings. The topological polar surface area (TPSA) is 58.6 Å². The molecular formula is C18H22N4O2. The summed E-state index contributed by atoms with van der Waals surface area (Å²) in [7, 11) is 1.63. The molecule has 2 aromatic rings. The number of piperazine rings is 1. The average Bonchev–Trinajstić information content (AvgIpc) is 2.62. The third-order valence-corrected chi connectivity index (χ3v) is 4.19. The summed E-state index contributed by atoms with van der Waals surface area (Å²) in [6.07, 6.45) is 3.93. The van der Waals surface area contributed by atoms with Gasteiger partial charge in [0.15, 0.2) is 0 Å². The molecule has 24 heavy (non-hydrogen) atoms. The van der Waals surface area contributed by atoms with Crippen LogP contribution in [-0.2, 0) is 11.2 Å². The number of benzene rings is 1. The van der Waals surface area contributed by atoms with Crippen LogP contribution in [0.25, 0.3) is 0 Å². The molecule has 0 radical (unpaired) electrons. The molecule has 6 heteroatoms. The number of ether oxygens (including phenoxy) is 1. The summed E-state index contributed by atoms with van der Waals surface area (Å²) in [4.78, 5) is 25.3. The van der Waals surface area contributed by atoms with Gasteiger partial charge in [-0.1, -0.05) is 12.1 Å². The maximum absolute atomic E-state index is 12.5. The summed E-state index contributed by atoms with van der Waals surface area (Å²) >= 11 is 0. The SMILES string of the molecule is COc1cccc(CC(=O)N2CCN(c3cncc(C)n3)CC2)c1. The smallest absolute Gasteiger partial charge is 0.227 e. The summed E-state index contributed by atoms with van der Waals surface area (Å²) in [6.45, 7) is 4.91. The minimum atomic E-state index is 0.151. The fraction of sp³-hybridized carbons (Fsp3) is 0.389. The highest BCUT2D eigenvalue weighted by atomic mass is 16.5. The Kier molecular flexibility index (Phi) is 4.93. The van der Waals surface area contributed by atoms with Crippen molar-refractivity contribution in [2.45, 2.75) is 13.3 Å². The number of nitrogens with zero attached hydrogens (tertiary/aromatic N) is 4. The van der Waals surface area contributed by atoms with Crippen LogP contribution in [0, 0.1) is 6.92 Å². The molecule has 126 valence electrons. The van der Waals surface area contributed by atoms with Crippen LogP contribution in [0.2, 0.25) is 0 Å². The van der Waals surface area contributed by atoms with Crippen LogP contribution in [0.15, 0.2) is 36.7 Å². The van der Waals surface area contributed by atoms with Gasteiger partial charge in [-0.3, -0.25) is 9.78 Å². The maximum atomic E-state index is 12.5. The quantitative estimate of drug-likeness (QED) is 0.856. The molecule has 1 amide bonds. The van der Waals surface area contributed by atoms with Crippen molar-refractivity contribution in [3.8, 4) is 5.75 Å². The molecule has 1 saturated heterocycles. The Morgan fingerprint density at radius 2 is 2.00 bits per heavy atom. The number of hydrogen-bond donors (Lipinski definition) is 0. The molecule has 0 N–H and O–H groups in total. The molecule has 6 nitrogen and oxygen atoms in total. The molecule has 0 spiro atoms. The normalized spacial score (nSPS) is 14.6. The van der Waals surface area contributed by atoms with Crippen LogP contribution in [0.5, 0.6) is 5.75 Å². The van der Waals surface area contributed by atoms with Crippen LogP contribution in [0.4, 0.5) is 5.82 Å². The van der Waals surface area contributed by atoms with E-state index in [1.165, 1.54) is 0 Å². The Labute approximate surface area is 142 Å². The monoisotopic (exact) mass is 326 g/mol. The predicted octanol–water partition coefficient (Wildman–Crippen LogP) is 1.68. The minimum absolute atomic E-state index is 0.151. The molecule has 3 rings (SSSR count). The van der Waals surface area contributed by atoms with E-state index in [1.807, 2.05) is 36.1 Å². The first-order chi connectivity index (χ1) is 11.7. The molecule has 1 aromatic heterocycles. The largest absolute Gasteiger partial charge is 0.497 e. The predicted molar refractivity (Wildman–Crippen MR) is 92.3 cm³/mol. The van der Waals surface area contributed by atoms with Crippen LogP contribution in [-0.4, -0.2) is 54.1 Å². The van der Waals surface area contributed by atoms with Gasteiger partial charge in [0.1, 0.15) is 11.6 Å². The Bertz CT molecular complexity index is 712. The van der Waals surface area contributed by atoms with Crippen molar-refractivity contribution in [3.05, 3.63) is 47.9 Å². The van der Waals surface area contributed by atoms with Crippen LogP contribution >= 0.6 is 0 Å². The van der Waals surface area contributed by atoms with Crippen LogP contribution in [0.1, 0.15) is 11.3 Å². The van der Waals surface area contributed by atoms with E-state index in [-0.39, 0.29) is 5.91 Å². The zero-order valence-electron chi connectivity index (χ0n) is 14.1. The lowest BCUT2D eigenvalue weighted by molar-refractivity contribution is -0.130. The third kappa shape index (κ3) is 3.82. The van der Waals surface area contributed by atoms with Crippen molar-refractivity contribution in [2.24, 2.45) is 0 Å². The summed E-state index contributed by atoms with van der Waals surface area (Å²) in [6, 6.07) is 7.67. The summed E-state index contributed by atoms with van der Waals surface area (Å²) in [5.41, 5.74) is 1.88. The zero-order chi connectivity index (χ0) is 16.9. The number of methoxy groups -OCH3 is 1. The van der Waals surface area contributed by atoms with Crippen molar-refractivity contribution in [1.29, 1.82) is 0 Å². The first-order valence-corrected chi connectivity index (χ1v) is 8.10. The third-order valence-electron chi connectivity index (χ3n) is 4.19. The second kappa shape index (κ2) is 7.29. The first kappa shape index (κ1) is 16.2. The van der Waals surface area contributed by atoms with Gasteiger partial charge in [-0.25, -0.2) is 4.98 Å². The standard InChI is InChI=1S/C18H22N4O2/c1-14-12-19-13-17(20-14)21-6-8-22(9-7-21)18(23)11-15-4-3-5-16(10-15)24-2/h3-5,10,12-13H,6-9,11H2,1-2H3. The number of carbonyl (C=O) groups excluding carboxylic acids is 1. The van der Waals surface area contributed by atoms with E-state index in [2.05, 4.69) is 14.9 Å². The van der Waals surface area contributed by atoms with E-state index in [0.29, 0.717) is 19.5 Å². The lowest BCUT2D eigenvalue weighted by Crippen LogP contribution is -2.49. The highest BCUT2D eigenvalue weighted by Crippen LogP contribution is 2.16. The number of aromatic nitrogens is 2. The van der Waals surface area contributed by atoms with Crippen molar-refractivity contribution in [1.82, 2.24) is 14.9 Å². The van der Waals surface area contributed by atoms with Gasteiger partial charge in [0.25, 0.3) is 0 Å². The molecule has 1 aliphatic rings. The highest BCUT2D eigenvalue weighted by molar-refractivity contribution is 5.79. The van der Waals surface area contributed by atoms with Crippen LogP contribution < -0.4 is 9.64 Å². The van der Waals surface area contributed by atoms with Crippen molar-refractivity contribution >= 4 is 11.7 Å². The van der Waals surface area contributed by atoms with Gasteiger partial charge in [0, 0.05) is 32.4 Å². The van der Waals surface area contributed by atoms with E-state index in [9.17, 15) is 4.79 Å². The van der Waals surface area contributed by atoms with E-state index in [1.54, 1.807) is 19.5 Å². The van der Waals surface area contributed by atoms with E-state index >= 15 is 0 Å². The lowest BCUT2D eigenvalue weighted by Gasteiger charge is -2.35. The summed E-state index contributed by atoms with van der Waals surface area (Å²) < 4.78 is 5.21. The number of carbonyl (C=O) groups is 1. The number of rotatable bonds is 4. The highest BCUT2D eigenvalue weighted by Gasteiger charge is 2.22. The molecule has 0 saturated carbocycles. The van der Waals surface area contributed by atoms with E-state index in [0.717, 1.165) is 35.9 Å². The second-order valence-corrected chi connectivity index (χ2v) is 5.91. The average molecular weight is 326 g/mol. The van der Waals surface area contributed by atoms with Crippen molar-refractivity contribution in [2.75, 3.05) is 38.2 Å². The summed E-state index contributed by atoms with van der Waals surface area (Å²) in [5, 5.41) is 0. The van der Waals surface area contributed by atoms with Gasteiger partial charge in [-0.05, 0) is 24.6 Å². The fourth-order valence-corrected chi connectivity index (χ4v) is 2.86. The first-order valence-electron chi connectivity index (χ1n) is 8.10. The molecular weight excluding hydrogens is 304 g/mol. The fourth-order valence-electron chi connectivity index (χ4n) is 2.86. The Balaban J connectivity index is 1.57. The lowest BCUT2D eigenvalue weighted by atomic mass is 10.1. The van der Waals surface area contributed by atoms with Crippen LogP contribution in [0.3, 0.4) is 0 Å². The Hall–Kier alpha value is -2.63. The molecule has 0 atom stereocenters. The number of hydrogen-bond acceptors (Lipinski definition) is 5. The number of anilines is 1. The minimum Gasteiger partial charge on any atom is -0.497 e. The number of amides is 1.